The fourth-order valence-electron chi connectivity index (χ4n) is 1.32. The van der Waals surface area contributed by atoms with Crippen molar-refractivity contribution in [2.45, 2.75) is 26.2 Å². The molecule has 0 aromatic heterocycles. The highest BCUT2D eigenvalue weighted by Crippen LogP contribution is 2.17. The van der Waals surface area contributed by atoms with Gasteiger partial charge in [0.2, 0.25) is 0 Å². The zero-order chi connectivity index (χ0) is 11.7. The Morgan fingerprint density at radius 2 is 2.06 bits per heavy atom. The van der Waals surface area contributed by atoms with E-state index in [2.05, 4.69) is 20.6 Å². The summed E-state index contributed by atoms with van der Waals surface area (Å²) in [4.78, 5) is 11.2. The molecule has 0 rings (SSSR count). The first kappa shape index (κ1) is 18.8. The highest BCUT2D eigenvalue weighted by atomic mass is 32.0. The van der Waals surface area contributed by atoms with Crippen molar-refractivity contribution in [3.63, 3.8) is 0 Å². The Hall–Kier alpha value is 0.460. The molecule has 0 aromatic rings. The molecule has 0 spiro atoms. The topological polar surface area (TPSA) is 35.5 Å². The van der Waals surface area contributed by atoms with Crippen LogP contribution in [-0.4, -0.2) is 32.1 Å². The summed E-state index contributed by atoms with van der Waals surface area (Å²) in [6.07, 6.45) is 2.90. The van der Waals surface area contributed by atoms with Crippen LogP contribution < -0.4 is 0 Å². The van der Waals surface area contributed by atoms with E-state index >= 15 is 0 Å². The van der Waals surface area contributed by atoms with Gasteiger partial charge in [-0.1, -0.05) is 23.7 Å². The van der Waals surface area contributed by atoms with Crippen LogP contribution in [0.1, 0.15) is 26.2 Å². The van der Waals surface area contributed by atoms with Crippen LogP contribution in [0.4, 0.5) is 0 Å². The molecule has 0 aliphatic carbocycles. The Morgan fingerprint density at radius 3 is 2.50 bits per heavy atom. The molecule has 0 amide bonds. The molecule has 0 saturated carbocycles. The number of hydrogen-bond donors (Lipinski definition) is 0. The molecule has 96 valence electrons. The minimum absolute atomic E-state index is 0. The van der Waals surface area contributed by atoms with Crippen LogP contribution in [0.25, 0.3) is 0 Å². The summed E-state index contributed by atoms with van der Waals surface area (Å²) in [6, 6.07) is 0. The molecule has 0 N–H and O–H groups in total. The SMILES string of the molecule is COC[C@@H](C)CCCC(=PP)C(=O)OC.P. The van der Waals surface area contributed by atoms with Crippen LogP contribution in [0.3, 0.4) is 0 Å². The smallest absolute Gasteiger partial charge is 0.338 e. The number of carbonyl (C=O) groups is 1. The van der Waals surface area contributed by atoms with E-state index in [1.54, 1.807) is 7.11 Å². The maximum Gasteiger partial charge on any atom is 0.338 e. The average molecular weight is 284 g/mol. The molecule has 0 aliphatic heterocycles. The fraction of sp³-hybridized carbons (Fsp3) is 0.800. The van der Waals surface area contributed by atoms with Gasteiger partial charge in [0.05, 0.1) is 12.4 Å². The van der Waals surface area contributed by atoms with E-state index in [1.807, 2.05) is 0 Å². The second-order valence-electron chi connectivity index (χ2n) is 3.52. The summed E-state index contributed by atoms with van der Waals surface area (Å²) in [5.41, 5.74) is 0. The third kappa shape index (κ3) is 8.59. The maximum absolute atomic E-state index is 11.2. The van der Waals surface area contributed by atoms with E-state index in [4.69, 9.17) is 4.74 Å². The summed E-state index contributed by atoms with van der Waals surface area (Å²) >= 11 is 0. The van der Waals surface area contributed by atoms with Crippen molar-refractivity contribution < 1.29 is 14.3 Å². The van der Waals surface area contributed by atoms with Gasteiger partial charge in [0.25, 0.3) is 0 Å². The standard InChI is InChI=1S/C10H20O3P2.H3P/c1-8(7-12-2)5-4-6-9(15-14)10(11)13-3;/h8H,4-7,14H2,1-3H3;1H3/t8-;/m0./s1. The molecular weight excluding hydrogens is 261 g/mol. The van der Waals surface area contributed by atoms with E-state index in [0.29, 0.717) is 5.92 Å². The van der Waals surface area contributed by atoms with Crippen LogP contribution in [-0.2, 0) is 14.3 Å². The van der Waals surface area contributed by atoms with Gasteiger partial charge in [-0.2, -0.15) is 9.90 Å². The van der Waals surface area contributed by atoms with E-state index in [0.717, 1.165) is 39.1 Å². The van der Waals surface area contributed by atoms with Gasteiger partial charge in [0.1, 0.15) is 0 Å². The van der Waals surface area contributed by atoms with Crippen molar-refractivity contribution >= 4 is 38.0 Å². The second-order valence-corrected chi connectivity index (χ2v) is 5.09. The van der Waals surface area contributed by atoms with Gasteiger partial charge in [0, 0.05) is 13.7 Å². The summed E-state index contributed by atoms with van der Waals surface area (Å²) in [5.74, 6) is 0.362. The minimum atomic E-state index is -0.189. The van der Waals surface area contributed by atoms with Crippen molar-refractivity contribution in [3.8, 4) is 0 Å². The predicted octanol–water partition coefficient (Wildman–Crippen LogP) is 2.58. The molecule has 0 saturated heterocycles. The molecule has 6 heteroatoms. The molecular formula is C10H23O3P3. The predicted molar refractivity (Wildman–Crippen MR) is 79.6 cm³/mol. The van der Waals surface area contributed by atoms with E-state index < -0.39 is 0 Å². The molecule has 3 nitrogen and oxygen atoms in total. The average Bonchev–Trinajstić information content (AvgIpc) is 2.24. The molecule has 0 fully saturated rings. The number of methoxy groups -OCH3 is 2. The first-order valence-electron chi connectivity index (χ1n) is 4.99. The Labute approximate surface area is 106 Å². The molecule has 0 aromatic carbocycles. The number of esters is 1. The van der Waals surface area contributed by atoms with Gasteiger partial charge in [-0.15, -0.1) is 0 Å². The lowest BCUT2D eigenvalue weighted by Crippen LogP contribution is -2.14. The van der Waals surface area contributed by atoms with Crippen molar-refractivity contribution in [1.29, 1.82) is 0 Å². The summed E-state index contributed by atoms with van der Waals surface area (Å²) in [6.45, 7) is 2.94. The lowest BCUT2D eigenvalue weighted by molar-refractivity contribution is -0.132. The summed E-state index contributed by atoms with van der Waals surface area (Å²) in [7, 11) is 6.61. The largest absolute Gasteiger partial charge is 0.465 e. The summed E-state index contributed by atoms with van der Waals surface area (Å²) < 4.78 is 9.74. The van der Waals surface area contributed by atoms with Crippen LogP contribution in [0.2, 0.25) is 0 Å². The maximum atomic E-state index is 11.2. The van der Waals surface area contributed by atoms with E-state index in [9.17, 15) is 4.79 Å². The lowest BCUT2D eigenvalue weighted by Gasteiger charge is -2.09. The Bertz CT molecular complexity index is 219. The highest BCUT2D eigenvalue weighted by molar-refractivity contribution is 8.03. The van der Waals surface area contributed by atoms with Crippen LogP contribution in [0, 0.1) is 5.92 Å². The highest BCUT2D eigenvalue weighted by Gasteiger charge is 2.09. The summed E-state index contributed by atoms with van der Waals surface area (Å²) in [5, 5.41) is 0.826. The fourth-order valence-corrected chi connectivity index (χ4v) is 2.51. The molecule has 0 aliphatic rings. The lowest BCUT2D eigenvalue weighted by atomic mass is 10.0. The molecule has 16 heavy (non-hydrogen) atoms. The zero-order valence-electron chi connectivity index (χ0n) is 10.4. The van der Waals surface area contributed by atoms with Crippen LogP contribution >= 0.6 is 26.7 Å². The van der Waals surface area contributed by atoms with E-state index in [-0.39, 0.29) is 15.9 Å². The van der Waals surface area contributed by atoms with Crippen molar-refractivity contribution in [2.75, 3.05) is 20.8 Å². The van der Waals surface area contributed by atoms with E-state index in [1.165, 1.54) is 7.11 Å². The monoisotopic (exact) mass is 284 g/mol. The first-order chi connectivity index (χ1) is 7.15. The number of hydrogen-bond acceptors (Lipinski definition) is 3. The normalized spacial score (nSPS) is 12.9. The minimum Gasteiger partial charge on any atom is -0.465 e. The van der Waals surface area contributed by atoms with Gasteiger partial charge >= 0.3 is 5.97 Å². The van der Waals surface area contributed by atoms with Gasteiger partial charge in [0.15, 0.2) is 0 Å². The number of ether oxygens (including phenoxy) is 2. The van der Waals surface area contributed by atoms with Gasteiger partial charge in [-0.3, -0.25) is 0 Å². The van der Waals surface area contributed by atoms with Gasteiger partial charge in [-0.25, -0.2) is 4.79 Å². The van der Waals surface area contributed by atoms with Crippen LogP contribution in [0.15, 0.2) is 0 Å². The van der Waals surface area contributed by atoms with Crippen molar-refractivity contribution in [1.82, 2.24) is 0 Å². The third-order valence-electron chi connectivity index (χ3n) is 2.14. The molecule has 0 bridgehead atoms. The van der Waals surface area contributed by atoms with Crippen molar-refractivity contribution in [2.24, 2.45) is 5.92 Å². The van der Waals surface area contributed by atoms with Crippen molar-refractivity contribution in [3.05, 3.63) is 0 Å². The molecule has 0 heterocycles. The molecule has 0 radical (unpaired) electrons. The second kappa shape index (κ2) is 11.9. The molecule has 3 atom stereocenters. The van der Waals surface area contributed by atoms with Gasteiger partial charge in [-0.05, 0) is 25.2 Å². The molecule has 2 unspecified atom stereocenters. The number of carbonyl (C=O) groups excluding carboxylic acids is 1. The van der Waals surface area contributed by atoms with Gasteiger partial charge < -0.3 is 9.47 Å². The Morgan fingerprint density at radius 1 is 1.44 bits per heavy atom. The Balaban J connectivity index is 0. The Kier molecular flexibility index (Phi) is 14.0. The third-order valence-corrected chi connectivity index (χ3v) is 3.79. The quantitative estimate of drug-likeness (QED) is 0.532. The van der Waals surface area contributed by atoms with Crippen LogP contribution in [0.5, 0.6) is 0 Å². The zero-order valence-corrected chi connectivity index (χ0v) is 13.8. The first-order valence-corrected chi connectivity index (χ1v) is 7.51. The number of rotatable bonds is 7.